The number of hydrogen-bond donors (Lipinski definition) is 1. The molecule has 0 unspecified atom stereocenters. The van der Waals surface area contributed by atoms with E-state index in [2.05, 4.69) is 5.32 Å². The van der Waals surface area contributed by atoms with Crippen LogP contribution in [0.1, 0.15) is 5.56 Å². The number of para-hydroxylation sites is 1. The number of methoxy groups -OCH3 is 1. The van der Waals surface area contributed by atoms with Crippen molar-refractivity contribution in [3.05, 3.63) is 100 Å². The van der Waals surface area contributed by atoms with E-state index in [-0.39, 0.29) is 17.2 Å². The molecule has 0 radical (unpaired) electrons. The molecule has 1 N–H and O–H groups in total. The lowest BCUT2D eigenvalue weighted by molar-refractivity contribution is -0.113. The zero-order valence-corrected chi connectivity index (χ0v) is 21.4. The minimum absolute atomic E-state index is 0.0954. The molecule has 2 heterocycles. The molecule has 5 rings (SSSR count). The minimum atomic E-state index is -0.200. The molecule has 0 bridgehead atoms. The first-order valence-corrected chi connectivity index (χ1v) is 13.1. The van der Waals surface area contributed by atoms with Crippen molar-refractivity contribution < 1.29 is 9.53 Å². The average Bonchev–Trinajstić information content (AvgIpc) is 3.33. The van der Waals surface area contributed by atoms with Gasteiger partial charge in [0.05, 0.1) is 23.9 Å². The maximum Gasteiger partial charge on any atom is 0.268 e. The summed E-state index contributed by atoms with van der Waals surface area (Å²) in [7, 11) is 1.58. The monoisotopic (exact) mass is 513 g/mol. The molecule has 0 atom stereocenters. The third-order valence-corrected chi connectivity index (χ3v) is 7.45. The number of nitrogens with zero attached hydrogens (tertiary/aromatic N) is 2. The van der Waals surface area contributed by atoms with E-state index in [4.69, 9.17) is 9.72 Å². The largest absolute Gasteiger partial charge is 0.497 e. The lowest BCUT2D eigenvalue weighted by Crippen LogP contribution is -2.22. The molecule has 5 aromatic rings. The Kier molecular flexibility index (Phi) is 6.88. The first kappa shape index (κ1) is 23.8. The Bertz CT molecular complexity index is 1590. The van der Waals surface area contributed by atoms with Crippen LogP contribution >= 0.6 is 23.1 Å². The number of anilines is 1. The van der Waals surface area contributed by atoms with Crippen molar-refractivity contribution in [3.8, 4) is 22.6 Å². The number of nitrogens with one attached hydrogen (secondary N) is 1. The number of aryl methyl sites for hydroxylation is 1. The van der Waals surface area contributed by atoms with Crippen LogP contribution in [0.5, 0.6) is 5.75 Å². The van der Waals surface area contributed by atoms with Crippen molar-refractivity contribution in [2.45, 2.75) is 12.1 Å². The van der Waals surface area contributed by atoms with Crippen molar-refractivity contribution >= 4 is 44.9 Å². The predicted molar refractivity (Wildman–Crippen MR) is 148 cm³/mol. The summed E-state index contributed by atoms with van der Waals surface area (Å²) in [6.45, 7) is 2.04. The van der Waals surface area contributed by atoms with E-state index in [0.717, 1.165) is 16.7 Å². The van der Waals surface area contributed by atoms with Crippen LogP contribution in [-0.4, -0.2) is 28.3 Å². The average molecular weight is 514 g/mol. The molecule has 36 heavy (non-hydrogen) atoms. The van der Waals surface area contributed by atoms with Crippen molar-refractivity contribution in [1.29, 1.82) is 0 Å². The van der Waals surface area contributed by atoms with Crippen LogP contribution in [0.4, 0.5) is 5.69 Å². The highest BCUT2D eigenvalue weighted by molar-refractivity contribution is 7.99. The van der Waals surface area contributed by atoms with Gasteiger partial charge in [-0.3, -0.25) is 14.2 Å². The maximum absolute atomic E-state index is 13.9. The zero-order valence-electron chi connectivity index (χ0n) is 19.7. The molecule has 6 nitrogen and oxygen atoms in total. The summed E-state index contributed by atoms with van der Waals surface area (Å²) in [5.74, 6) is 0.555. The van der Waals surface area contributed by atoms with Crippen LogP contribution in [0.15, 0.2) is 94.2 Å². The Balaban J connectivity index is 1.51. The molecule has 0 fully saturated rings. The van der Waals surface area contributed by atoms with Crippen LogP contribution in [0.3, 0.4) is 0 Å². The van der Waals surface area contributed by atoms with Crippen LogP contribution in [0, 0.1) is 6.92 Å². The first-order chi connectivity index (χ1) is 17.5. The summed E-state index contributed by atoms with van der Waals surface area (Å²) in [6, 6.07) is 24.7. The number of aromatic nitrogens is 2. The predicted octanol–water partition coefficient (Wildman–Crippen LogP) is 6.16. The molecular formula is C28H23N3O3S2. The van der Waals surface area contributed by atoms with Crippen LogP contribution < -0.4 is 15.6 Å². The molecule has 2 aromatic heterocycles. The molecule has 180 valence electrons. The van der Waals surface area contributed by atoms with Crippen LogP contribution in [0.25, 0.3) is 27.0 Å². The SMILES string of the molecule is COc1cccc(NC(=O)CSc2nc3scc(-c4ccc(C)cc4)c3c(=O)n2-c2ccccc2)c1. The number of rotatable bonds is 7. The third kappa shape index (κ3) is 4.91. The number of carbonyl (C=O) groups is 1. The van der Waals surface area contributed by atoms with Gasteiger partial charge in [-0.2, -0.15) is 0 Å². The van der Waals surface area contributed by atoms with Gasteiger partial charge in [0.1, 0.15) is 10.6 Å². The fourth-order valence-corrected chi connectivity index (χ4v) is 5.65. The van der Waals surface area contributed by atoms with E-state index < -0.39 is 0 Å². The normalized spacial score (nSPS) is 10.9. The van der Waals surface area contributed by atoms with E-state index in [0.29, 0.717) is 32.5 Å². The number of thioether (sulfide) groups is 1. The van der Waals surface area contributed by atoms with Gasteiger partial charge in [-0.25, -0.2) is 4.98 Å². The second-order valence-electron chi connectivity index (χ2n) is 8.13. The van der Waals surface area contributed by atoms with Crippen molar-refractivity contribution in [1.82, 2.24) is 9.55 Å². The van der Waals surface area contributed by atoms with Crippen molar-refractivity contribution in [2.75, 3.05) is 18.2 Å². The number of thiophene rings is 1. The molecule has 0 aliphatic carbocycles. The second-order valence-corrected chi connectivity index (χ2v) is 9.94. The summed E-state index contributed by atoms with van der Waals surface area (Å²) in [5, 5.41) is 5.90. The summed E-state index contributed by atoms with van der Waals surface area (Å²) in [6.07, 6.45) is 0. The van der Waals surface area contributed by atoms with Crippen LogP contribution in [-0.2, 0) is 4.79 Å². The topological polar surface area (TPSA) is 73.2 Å². The number of amides is 1. The Hall–Kier alpha value is -3.88. The smallest absolute Gasteiger partial charge is 0.268 e. The maximum atomic E-state index is 13.9. The van der Waals surface area contributed by atoms with Gasteiger partial charge in [0.15, 0.2) is 5.16 Å². The molecule has 1 amide bonds. The Morgan fingerprint density at radius 3 is 2.58 bits per heavy atom. The van der Waals surface area contributed by atoms with Gasteiger partial charge >= 0.3 is 0 Å². The lowest BCUT2D eigenvalue weighted by Gasteiger charge is -2.13. The van der Waals surface area contributed by atoms with Gasteiger partial charge in [0.2, 0.25) is 5.91 Å². The van der Waals surface area contributed by atoms with Crippen molar-refractivity contribution in [2.24, 2.45) is 0 Å². The first-order valence-electron chi connectivity index (χ1n) is 11.3. The third-order valence-electron chi connectivity index (χ3n) is 5.64. The molecular weight excluding hydrogens is 490 g/mol. The van der Waals surface area contributed by atoms with Gasteiger partial charge in [-0.1, -0.05) is 65.9 Å². The zero-order chi connectivity index (χ0) is 25.1. The van der Waals surface area contributed by atoms with Crippen LogP contribution in [0.2, 0.25) is 0 Å². The van der Waals surface area contributed by atoms with E-state index in [1.165, 1.54) is 23.1 Å². The van der Waals surface area contributed by atoms with E-state index in [1.807, 2.05) is 79.0 Å². The summed E-state index contributed by atoms with van der Waals surface area (Å²) >= 11 is 2.66. The Morgan fingerprint density at radius 2 is 1.83 bits per heavy atom. The highest BCUT2D eigenvalue weighted by Gasteiger charge is 2.19. The standard InChI is InChI=1S/C28H23N3O3S2/c1-18-11-13-19(14-12-18)23-16-35-26-25(23)27(33)31(21-8-4-3-5-9-21)28(30-26)36-17-24(32)29-20-7-6-10-22(15-20)34-2/h3-16H,17H2,1-2H3,(H,29,32). The van der Waals surface area contributed by atoms with Gasteiger partial charge < -0.3 is 10.1 Å². The number of benzene rings is 3. The van der Waals surface area contributed by atoms with Gasteiger partial charge in [-0.05, 0) is 36.8 Å². The van der Waals surface area contributed by atoms with Gasteiger partial charge in [-0.15, -0.1) is 11.3 Å². The van der Waals surface area contributed by atoms with Gasteiger partial charge in [0, 0.05) is 22.7 Å². The van der Waals surface area contributed by atoms with E-state index in [9.17, 15) is 9.59 Å². The molecule has 0 aliphatic rings. The highest BCUT2D eigenvalue weighted by atomic mass is 32.2. The summed E-state index contributed by atoms with van der Waals surface area (Å²) < 4.78 is 6.81. The summed E-state index contributed by atoms with van der Waals surface area (Å²) in [5.41, 5.74) is 4.19. The number of ether oxygens (including phenoxy) is 1. The number of carbonyl (C=O) groups excluding carboxylic acids is 1. The summed E-state index contributed by atoms with van der Waals surface area (Å²) in [4.78, 5) is 32.1. The Morgan fingerprint density at radius 1 is 1.06 bits per heavy atom. The fourth-order valence-electron chi connectivity index (χ4n) is 3.85. The molecule has 8 heteroatoms. The molecule has 3 aromatic carbocycles. The molecule has 0 aliphatic heterocycles. The minimum Gasteiger partial charge on any atom is -0.497 e. The van der Waals surface area contributed by atoms with Crippen molar-refractivity contribution in [3.63, 3.8) is 0 Å². The highest BCUT2D eigenvalue weighted by Crippen LogP contribution is 2.33. The number of fused-ring (bicyclic) bond motifs is 1. The Labute approximate surface area is 216 Å². The van der Waals surface area contributed by atoms with E-state index >= 15 is 0 Å². The fraction of sp³-hybridized carbons (Fsp3) is 0.107. The molecule has 0 spiro atoms. The quantitative estimate of drug-likeness (QED) is 0.208. The molecule has 0 saturated heterocycles. The molecule has 0 saturated carbocycles. The lowest BCUT2D eigenvalue weighted by atomic mass is 10.1. The van der Waals surface area contributed by atoms with Gasteiger partial charge in [0.25, 0.3) is 5.56 Å². The second kappa shape index (κ2) is 10.4. The van der Waals surface area contributed by atoms with E-state index in [1.54, 1.807) is 23.8 Å². The number of hydrogen-bond acceptors (Lipinski definition) is 6.